The standard InChI is InChI=1S/C19H21N5O/c1-12-21-15-4-3-13(9-16(15)22-12)18(25)24-8-2-6-19(11-24)7-5-14-10-20-23-17(14)19/h3-4,9-10H,2,5-8,11H2,1H3,(H,20,23)(H,21,22). The molecular formula is C19H21N5O. The first-order chi connectivity index (χ1) is 12.1. The summed E-state index contributed by atoms with van der Waals surface area (Å²) in [6.07, 6.45) is 6.28. The fraction of sp³-hybridized carbons (Fsp3) is 0.421. The normalized spacial score (nSPS) is 22.7. The average molecular weight is 335 g/mol. The maximum atomic E-state index is 13.1. The molecule has 1 spiro atoms. The molecule has 1 unspecified atom stereocenters. The van der Waals surface area contributed by atoms with Gasteiger partial charge in [-0.25, -0.2) is 4.98 Å². The van der Waals surface area contributed by atoms with Gasteiger partial charge in [-0.3, -0.25) is 9.89 Å². The van der Waals surface area contributed by atoms with Gasteiger partial charge in [-0.2, -0.15) is 5.10 Å². The number of piperidine rings is 1. The molecule has 1 atom stereocenters. The van der Waals surface area contributed by atoms with E-state index in [4.69, 9.17) is 0 Å². The third-order valence-electron chi connectivity index (χ3n) is 5.83. The highest BCUT2D eigenvalue weighted by Crippen LogP contribution is 2.44. The molecule has 1 fully saturated rings. The van der Waals surface area contributed by atoms with Gasteiger partial charge in [-0.1, -0.05) is 0 Å². The number of aromatic amines is 2. The third-order valence-corrected chi connectivity index (χ3v) is 5.83. The number of benzene rings is 1. The zero-order chi connectivity index (χ0) is 17.0. The fourth-order valence-corrected chi connectivity index (χ4v) is 4.62. The number of aryl methyl sites for hydroxylation is 2. The van der Waals surface area contributed by atoms with Gasteiger partial charge in [0.1, 0.15) is 5.82 Å². The largest absolute Gasteiger partial charge is 0.342 e. The van der Waals surface area contributed by atoms with Crippen LogP contribution >= 0.6 is 0 Å². The molecule has 1 aliphatic heterocycles. The smallest absolute Gasteiger partial charge is 0.253 e. The fourth-order valence-electron chi connectivity index (χ4n) is 4.62. The monoisotopic (exact) mass is 335 g/mol. The van der Waals surface area contributed by atoms with Crippen LogP contribution in [0.4, 0.5) is 0 Å². The SMILES string of the molecule is Cc1nc2ccc(C(=O)N3CCCC4(CCc5cn[nH]c54)C3)cc2[nH]1. The number of imidazole rings is 1. The lowest BCUT2D eigenvalue weighted by atomic mass is 9.77. The molecule has 0 saturated carbocycles. The average Bonchev–Trinajstić information content (AvgIpc) is 3.30. The van der Waals surface area contributed by atoms with Crippen LogP contribution in [0.2, 0.25) is 0 Å². The Labute approximate surface area is 145 Å². The van der Waals surface area contributed by atoms with Crippen molar-refractivity contribution >= 4 is 16.9 Å². The summed E-state index contributed by atoms with van der Waals surface area (Å²) in [7, 11) is 0. The molecule has 1 aromatic carbocycles. The number of amides is 1. The van der Waals surface area contributed by atoms with Crippen molar-refractivity contribution in [1.82, 2.24) is 25.1 Å². The summed E-state index contributed by atoms with van der Waals surface area (Å²) >= 11 is 0. The van der Waals surface area contributed by atoms with Crippen molar-refractivity contribution < 1.29 is 4.79 Å². The van der Waals surface area contributed by atoms with Crippen LogP contribution < -0.4 is 0 Å². The summed E-state index contributed by atoms with van der Waals surface area (Å²) in [5.41, 5.74) is 5.20. The number of carbonyl (C=O) groups is 1. The quantitative estimate of drug-likeness (QED) is 0.718. The van der Waals surface area contributed by atoms with E-state index in [2.05, 4.69) is 20.2 Å². The number of hydrogen-bond acceptors (Lipinski definition) is 3. The van der Waals surface area contributed by atoms with Crippen molar-refractivity contribution in [1.29, 1.82) is 0 Å². The zero-order valence-electron chi connectivity index (χ0n) is 14.3. The Morgan fingerprint density at radius 2 is 2.24 bits per heavy atom. The van der Waals surface area contributed by atoms with Crippen LogP contribution in [-0.4, -0.2) is 44.1 Å². The molecule has 3 aromatic rings. The second-order valence-electron chi connectivity index (χ2n) is 7.43. The summed E-state index contributed by atoms with van der Waals surface area (Å²) in [6.45, 7) is 3.53. The van der Waals surface area contributed by atoms with E-state index in [1.165, 1.54) is 11.3 Å². The lowest BCUT2D eigenvalue weighted by molar-refractivity contribution is 0.0633. The van der Waals surface area contributed by atoms with Crippen LogP contribution in [0.25, 0.3) is 11.0 Å². The first-order valence-corrected chi connectivity index (χ1v) is 8.93. The second kappa shape index (κ2) is 5.18. The maximum Gasteiger partial charge on any atom is 0.253 e. The Hall–Kier alpha value is -2.63. The number of carbonyl (C=O) groups excluding carboxylic acids is 1. The number of nitrogens with one attached hydrogen (secondary N) is 2. The van der Waals surface area contributed by atoms with Crippen LogP contribution in [0, 0.1) is 6.92 Å². The predicted octanol–water partition coefficient (Wildman–Crippen LogP) is 2.71. The minimum atomic E-state index is 0.0639. The summed E-state index contributed by atoms with van der Waals surface area (Å²) in [5, 5.41) is 7.42. The minimum absolute atomic E-state index is 0.0639. The van der Waals surface area contributed by atoms with Crippen molar-refractivity contribution in [3.05, 3.63) is 47.0 Å². The maximum absolute atomic E-state index is 13.1. The molecule has 0 bridgehead atoms. The van der Waals surface area contributed by atoms with Crippen molar-refractivity contribution in [3.63, 3.8) is 0 Å². The summed E-state index contributed by atoms with van der Waals surface area (Å²) in [4.78, 5) is 22.8. The highest BCUT2D eigenvalue weighted by molar-refractivity contribution is 5.97. The van der Waals surface area contributed by atoms with E-state index in [1.807, 2.05) is 36.2 Å². The topological polar surface area (TPSA) is 77.7 Å². The van der Waals surface area contributed by atoms with Crippen LogP contribution in [0.1, 0.15) is 46.7 Å². The highest BCUT2D eigenvalue weighted by atomic mass is 16.2. The molecular weight excluding hydrogens is 314 g/mol. The molecule has 25 heavy (non-hydrogen) atoms. The number of likely N-dealkylation sites (tertiary alicyclic amines) is 1. The summed E-state index contributed by atoms with van der Waals surface area (Å²) in [6, 6.07) is 5.74. The van der Waals surface area contributed by atoms with Crippen LogP contribution in [-0.2, 0) is 11.8 Å². The van der Waals surface area contributed by atoms with E-state index < -0.39 is 0 Å². The van der Waals surface area contributed by atoms with E-state index in [0.717, 1.165) is 61.2 Å². The second-order valence-corrected chi connectivity index (χ2v) is 7.43. The number of fused-ring (bicyclic) bond motifs is 3. The van der Waals surface area contributed by atoms with Gasteiger partial charge in [0.2, 0.25) is 0 Å². The van der Waals surface area contributed by atoms with Crippen molar-refractivity contribution in [2.24, 2.45) is 0 Å². The van der Waals surface area contributed by atoms with Gasteiger partial charge in [-0.05, 0) is 56.4 Å². The molecule has 6 heteroatoms. The summed E-state index contributed by atoms with van der Waals surface area (Å²) < 4.78 is 0. The van der Waals surface area contributed by atoms with Gasteiger partial charge in [0.05, 0.1) is 17.2 Å². The molecule has 0 radical (unpaired) electrons. The number of aromatic nitrogens is 4. The molecule has 6 nitrogen and oxygen atoms in total. The predicted molar refractivity (Wildman–Crippen MR) is 94.6 cm³/mol. The van der Waals surface area contributed by atoms with Crippen LogP contribution in [0.3, 0.4) is 0 Å². The summed E-state index contributed by atoms with van der Waals surface area (Å²) in [5.74, 6) is 0.982. The Bertz CT molecular complexity index is 971. The van der Waals surface area contributed by atoms with Crippen molar-refractivity contribution in [3.8, 4) is 0 Å². The molecule has 2 N–H and O–H groups in total. The Kier molecular flexibility index (Phi) is 3.04. The van der Waals surface area contributed by atoms with Gasteiger partial charge in [0.15, 0.2) is 0 Å². The number of nitrogens with zero attached hydrogens (tertiary/aromatic N) is 3. The van der Waals surface area contributed by atoms with E-state index in [1.54, 1.807) is 0 Å². The zero-order valence-corrected chi connectivity index (χ0v) is 14.3. The molecule has 1 aliphatic carbocycles. The number of hydrogen-bond donors (Lipinski definition) is 2. The Morgan fingerprint density at radius 1 is 1.32 bits per heavy atom. The molecule has 3 heterocycles. The number of H-pyrrole nitrogens is 2. The lowest BCUT2D eigenvalue weighted by Crippen LogP contribution is -2.47. The van der Waals surface area contributed by atoms with Crippen molar-refractivity contribution in [2.75, 3.05) is 13.1 Å². The minimum Gasteiger partial charge on any atom is -0.342 e. The van der Waals surface area contributed by atoms with Gasteiger partial charge >= 0.3 is 0 Å². The van der Waals surface area contributed by atoms with E-state index >= 15 is 0 Å². The van der Waals surface area contributed by atoms with Crippen LogP contribution in [0.5, 0.6) is 0 Å². The molecule has 1 amide bonds. The van der Waals surface area contributed by atoms with Gasteiger partial charge < -0.3 is 9.88 Å². The molecule has 128 valence electrons. The Balaban J connectivity index is 1.45. The Morgan fingerprint density at radius 3 is 3.16 bits per heavy atom. The van der Waals surface area contributed by atoms with E-state index in [0.29, 0.717) is 0 Å². The molecule has 2 aliphatic rings. The van der Waals surface area contributed by atoms with Crippen LogP contribution in [0.15, 0.2) is 24.4 Å². The van der Waals surface area contributed by atoms with Gasteiger partial charge in [0, 0.05) is 29.8 Å². The number of rotatable bonds is 1. The van der Waals surface area contributed by atoms with Gasteiger partial charge in [0.25, 0.3) is 5.91 Å². The molecule has 2 aromatic heterocycles. The van der Waals surface area contributed by atoms with Gasteiger partial charge in [-0.15, -0.1) is 0 Å². The highest BCUT2D eigenvalue weighted by Gasteiger charge is 2.44. The van der Waals surface area contributed by atoms with E-state index in [9.17, 15) is 4.79 Å². The lowest BCUT2D eigenvalue weighted by Gasteiger charge is -2.40. The molecule has 1 saturated heterocycles. The first-order valence-electron chi connectivity index (χ1n) is 8.93. The first kappa shape index (κ1) is 14.7. The third kappa shape index (κ3) is 2.20. The van der Waals surface area contributed by atoms with E-state index in [-0.39, 0.29) is 11.3 Å². The van der Waals surface area contributed by atoms with Crippen molar-refractivity contribution in [2.45, 2.75) is 38.0 Å². The molecule has 5 rings (SSSR count).